The average molecular weight is 608 g/mol. The third kappa shape index (κ3) is 9.07. The fourth-order valence-corrected chi connectivity index (χ4v) is 6.08. The molecule has 0 bridgehead atoms. The highest BCUT2D eigenvalue weighted by Crippen LogP contribution is 2.43. The summed E-state index contributed by atoms with van der Waals surface area (Å²) in [6.07, 6.45) is 4.55. The Morgan fingerprint density at radius 3 is 2.36 bits per heavy atom. The van der Waals surface area contributed by atoms with E-state index in [1.807, 2.05) is 4.72 Å². The molecule has 1 aliphatic heterocycles. The molecule has 1 heterocycles. The summed E-state index contributed by atoms with van der Waals surface area (Å²) in [6, 6.07) is 6.40. The van der Waals surface area contributed by atoms with Crippen molar-refractivity contribution in [3.05, 3.63) is 30.3 Å². The first-order valence-corrected chi connectivity index (χ1v) is 16.2. The summed E-state index contributed by atoms with van der Waals surface area (Å²) in [4.78, 5) is 54.3. The molecule has 4 amide bonds. The van der Waals surface area contributed by atoms with Crippen LogP contribution < -0.4 is 20.1 Å². The third-order valence-corrected chi connectivity index (χ3v) is 8.45. The van der Waals surface area contributed by atoms with Gasteiger partial charge < -0.3 is 20.3 Å². The number of rotatable bonds is 13. The lowest BCUT2D eigenvalue weighted by atomic mass is 10.1. The average Bonchev–Trinajstić information content (AvgIpc) is 3.30. The van der Waals surface area contributed by atoms with Crippen LogP contribution in [0.25, 0.3) is 0 Å². The number of carbonyl (C=O) groups excluding carboxylic acids is 4. The van der Waals surface area contributed by atoms with Crippen LogP contribution in [0, 0.1) is 5.92 Å². The molecular formula is C29H45N5O7S. The van der Waals surface area contributed by atoms with Crippen molar-refractivity contribution in [1.82, 2.24) is 20.3 Å². The molecule has 2 fully saturated rings. The van der Waals surface area contributed by atoms with Crippen LogP contribution in [0.4, 0.5) is 10.5 Å². The number of anilines is 1. The lowest BCUT2D eigenvalue weighted by Crippen LogP contribution is -2.58. The van der Waals surface area contributed by atoms with Gasteiger partial charge in [-0.3, -0.25) is 19.1 Å². The van der Waals surface area contributed by atoms with Gasteiger partial charge in [0, 0.05) is 6.54 Å². The summed E-state index contributed by atoms with van der Waals surface area (Å²) in [5, 5.41) is 5.45. The number of hydrogen-bond acceptors (Lipinski definition) is 7. The predicted octanol–water partition coefficient (Wildman–Crippen LogP) is 3.21. The number of nitrogens with zero attached hydrogens (tertiary/aromatic N) is 1. The molecule has 1 saturated heterocycles. The molecule has 4 N–H and O–H groups in total. The van der Waals surface area contributed by atoms with Crippen molar-refractivity contribution in [2.24, 2.45) is 5.92 Å². The minimum atomic E-state index is -4.25. The van der Waals surface area contributed by atoms with Gasteiger partial charge in [-0.25, -0.2) is 9.52 Å². The van der Waals surface area contributed by atoms with Crippen LogP contribution in [0.5, 0.6) is 0 Å². The summed E-state index contributed by atoms with van der Waals surface area (Å²) >= 11 is 0. The molecule has 1 aromatic carbocycles. The van der Waals surface area contributed by atoms with Crippen molar-refractivity contribution < 1.29 is 32.3 Å². The van der Waals surface area contributed by atoms with E-state index in [-0.39, 0.29) is 23.9 Å². The Balaban J connectivity index is 1.68. The SMILES string of the molecule is CCCCCC[C@H](NC(=O)OC(C)(C)C)C(=O)N1CCC[C@H]1C(=O)N[C@]1(C(=O)NS(=O)(=O)Nc2ccccc2)C[C@H]1C. The molecule has 0 unspecified atom stereocenters. The highest BCUT2D eigenvalue weighted by Gasteiger charge is 2.60. The van der Waals surface area contributed by atoms with Crippen LogP contribution >= 0.6 is 0 Å². The Bertz CT molecular complexity index is 1230. The molecule has 4 atom stereocenters. The normalized spacial score (nSPS) is 22.5. The number of unbranched alkanes of at least 4 members (excludes halogenated alkanes) is 3. The molecule has 1 saturated carbocycles. The van der Waals surface area contributed by atoms with Crippen molar-refractivity contribution in [3.63, 3.8) is 0 Å². The Kier molecular flexibility index (Phi) is 10.9. The summed E-state index contributed by atoms with van der Waals surface area (Å²) in [5.74, 6) is -2.06. The van der Waals surface area contributed by atoms with Gasteiger partial charge in [0.05, 0.1) is 5.69 Å². The predicted molar refractivity (Wildman–Crippen MR) is 158 cm³/mol. The van der Waals surface area contributed by atoms with Crippen LogP contribution in [-0.2, 0) is 29.3 Å². The van der Waals surface area contributed by atoms with E-state index in [0.29, 0.717) is 25.8 Å². The van der Waals surface area contributed by atoms with Crippen molar-refractivity contribution >= 4 is 39.7 Å². The highest BCUT2D eigenvalue weighted by atomic mass is 32.2. The minimum absolute atomic E-state index is 0.256. The Labute approximate surface area is 248 Å². The molecular weight excluding hydrogens is 562 g/mol. The molecule has 0 spiro atoms. The first-order chi connectivity index (χ1) is 19.7. The van der Waals surface area contributed by atoms with Crippen molar-refractivity contribution in [1.29, 1.82) is 0 Å². The van der Waals surface area contributed by atoms with Crippen LogP contribution in [0.15, 0.2) is 30.3 Å². The number of likely N-dealkylation sites (tertiary alicyclic amines) is 1. The molecule has 2 aliphatic rings. The number of alkyl carbamates (subject to hydrolysis) is 1. The number of ether oxygens (including phenoxy) is 1. The lowest BCUT2D eigenvalue weighted by Gasteiger charge is -2.30. The lowest BCUT2D eigenvalue weighted by molar-refractivity contribution is -0.141. The van der Waals surface area contributed by atoms with E-state index in [9.17, 15) is 27.6 Å². The maximum atomic E-state index is 13.7. The fraction of sp³-hybridized carbons (Fsp3) is 0.655. The summed E-state index contributed by atoms with van der Waals surface area (Å²) in [6.45, 7) is 9.35. The van der Waals surface area contributed by atoms with E-state index in [0.717, 1.165) is 25.7 Å². The fourth-order valence-electron chi connectivity index (χ4n) is 5.16. The van der Waals surface area contributed by atoms with Crippen molar-refractivity contribution in [2.75, 3.05) is 11.3 Å². The van der Waals surface area contributed by atoms with Gasteiger partial charge in [-0.15, -0.1) is 0 Å². The maximum absolute atomic E-state index is 13.7. The molecule has 3 rings (SSSR count). The van der Waals surface area contributed by atoms with Crippen LogP contribution in [0.2, 0.25) is 0 Å². The molecule has 1 aromatic rings. The smallest absolute Gasteiger partial charge is 0.408 e. The van der Waals surface area contributed by atoms with Crippen molar-refractivity contribution in [2.45, 2.75) is 109 Å². The Hall–Kier alpha value is -3.35. The van der Waals surface area contributed by atoms with E-state index >= 15 is 0 Å². The quantitative estimate of drug-likeness (QED) is 0.250. The van der Waals surface area contributed by atoms with E-state index < -0.39 is 51.3 Å². The number of benzene rings is 1. The Morgan fingerprint density at radius 1 is 1.10 bits per heavy atom. The molecule has 13 heteroatoms. The summed E-state index contributed by atoms with van der Waals surface area (Å²) in [5.41, 5.74) is -1.87. The zero-order valence-electron chi connectivity index (χ0n) is 25.2. The molecule has 0 radical (unpaired) electrons. The zero-order valence-corrected chi connectivity index (χ0v) is 26.0. The van der Waals surface area contributed by atoms with Gasteiger partial charge in [0.2, 0.25) is 11.8 Å². The number of hydrogen-bond donors (Lipinski definition) is 4. The molecule has 1 aliphatic carbocycles. The molecule has 0 aromatic heterocycles. The number of carbonyl (C=O) groups is 4. The number of para-hydroxylation sites is 1. The topological polar surface area (TPSA) is 163 Å². The van der Waals surface area contributed by atoms with Crippen LogP contribution in [-0.4, -0.2) is 66.9 Å². The van der Waals surface area contributed by atoms with E-state index in [4.69, 9.17) is 4.74 Å². The van der Waals surface area contributed by atoms with Gasteiger partial charge in [0.1, 0.15) is 23.2 Å². The number of amides is 4. The zero-order chi connectivity index (χ0) is 31.1. The molecule has 234 valence electrons. The monoisotopic (exact) mass is 607 g/mol. The summed E-state index contributed by atoms with van der Waals surface area (Å²) in [7, 11) is -4.25. The van der Waals surface area contributed by atoms with Gasteiger partial charge in [0.25, 0.3) is 5.91 Å². The second kappa shape index (κ2) is 13.7. The first kappa shape index (κ1) is 33.2. The number of nitrogens with one attached hydrogen (secondary N) is 4. The Morgan fingerprint density at radius 2 is 1.76 bits per heavy atom. The third-order valence-electron chi connectivity index (χ3n) is 7.49. The van der Waals surface area contributed by atoms with Gasteiger partial charge >= 0.3 is 16.3 Å². The molecule has 12 nitrogen and oxygen atoms in total. The van der Waals surface area contributed by atoms with Gasteiger partial charge in [-0.2, -0.15) is 8.42 Å². The standard InChI is InChI=1S/C29H45N5O7S/c1-6-7-8-12-16-22(30-27(38)41-28(3,4)5)25(36)34-18-13-17-23(34)24(35)31-29(19-20(29)2)26(37)33-42(39,40)32-21-14-10-9-11-15-21/h9-11,14-15,20,22-23,32H,6-8,12-13,16-19H2,1-5H3,(H,30,38)(H,31,35)(H,33,37)/t20-,22+,23+,29-/m1/s1. The van der Waals surface area contributed by atoms with Gasteiger partial charge in [-0.1, -0.05) is 57.7 Å². The van der Waals surface area contributed by atoms with Crippen LogP contribution in [0.1, 0.15) is 86.0 Å². The van der Waals surface area contributed by atoms with Gasteiger partial charge in [0.15, 0.2) is 0 Å². The summed E-state index contributed by atoms with van der Waals surface area (Å²) < 4.78 is 34.9. The maximum Gasteiger partial charge on any atom is 0.408 e. The van der Waals surface area contributed by atoms with E-state index in [2.05, 4.69) is 22.3 Å². The highest BCUT2D eigenvalue weighted by molar-refractivity contribution is 7.91. The van der Waals surface area contributed by atoms with E-state index in [1.165, 1.54) is 4.90 Å². The second-order valence-corrected chi connectivity index (χ2v) is 13.6. The van der Waals surface area contributed by atoms with Crippen molar-refractivity contribution in [3.8, 4) is 0 Å². The second-order valence-electron chi connectivity index (χ2n) is 12.2. The largest absolute Gasteiger partial charge is 0.444 e. The van der Waals surface area contributed by atoms with E-state index in [1.54, 1.807) is 58.0 Å². The first-order valence-electron chi connectivity index (χ1n) is 14.7. The van der Waals surface area contributed by atoms with Crippen LogP contribution in [0.3, 0.4) is 0 Å². The minimum Gasteiger partial charge on any atom is -0.444 e. The van der Waals surface area contributed by atoms with Gasteiger partial charge in [-0.05, 0) is 64.5 Å². The molecule has 42 heavy (non-hydrogen) atoms.